The molecule has 3 heterocycles. The van der Waals surface area contributed by atoms with Crippen molar-refractivity contribution in [3.8, 4) is 28.1 Å². The number of hydrogen-bond acceptors (Lipinski definition) is 6. The zero-order valence-electron chi connectivity index (χ0n) is 15.9. The van der Waals surface area contributed by atoms with E-state index in [4.69, 9.17) is 11.6 Å². The Hall–Kier alpha value is -3.68. The number of nitrogens with zero attached hydrogens (tertiary/aromatic N) is 3. The Morgan fingerprint density at radius 2 is 1.71 bits per heavy atom. The van der Waals surface area contributed by atoms with E-state index >= 15 is 0 Å². The molecule has 5 rings (SSSR count). The summed E-state index contributed by atoms with van der Waals surface area (Å²) >= 11 is 7.28. The average Bonchev–Trinajstić information content (AvgIpc) is 3.33. The van der Waals surface area contributed by atoms with E-state index in [9.17, 15) is 15.0 Å². The quantitative estimate of drug-likeness (QED) is 0.358. The monoisotopic (exact) mass is 447 g/mol. The summed E-state index contributed by atoms with van der Waals surface area (Å²) in [6, 6.07) is 19.1. The van der Waals surface area contributed by atoms with E-state index in [1.54, 1.807) is 48.7 Å². The van der Waals surface area contributed by atoms with Gasteiger partial charge < -0.3 is 10.2 Å². The Morgan fingerprint density at radius 3 is 2.42 bits per heavy atom. The van der Waals surface area contributed by atoms with Crippen molar-refractivity contribution in [1.29, 1.82) is 0 Å². The predicted molar refractivity (Wildman–Crippen MR) is 120 cm³/mol. The minimum absolute atomic E-state index is 0.0576. The lowest BCUT2D eigenvalue weighted by atomic mass is 10.0. The van der Waals surface area contributed by atoms with Crippen molar-refractivity contribution < 1.29 is 15.0 Å². The summed E-state index contributed by atoms with van der Waals surface area (Å²) in [6.07, 6.45) is 1.58. The molecule has 2 N–H and O–H groups in total. The highest BCUT2D eigenvalue weighted by Crippen LogP contribution is 2.44. The zero-order valence-corrected chi connectivity index (χ0v) is 17.4. The first-order valence-corrected chi connectivity index (χ1v) is 10.5. The number of carbonyl (C=O) groups excluding carboxylic acids is 1. The van der Waals surface area contributed by atoms with Crippen LogP contribution in [0, 0.1) is 0 Å². The third-order valence-electron chi connectivity index (χ3n) is 4.84. The summed E-state index contributed by atoms with van der Waals surface area (Å²) in [7, 11) is 0. The molecule has 31 heavy (non-hydrogen) atoms. The van der Waals surface area contributed by atoms with Gasteiger partial charge in [-0.25, -0.2) is 4.98 Å². The van der Waals surface area contributed by atoms with Crippen LogP contribution in [0.4, 0.5) is 0 Å². The van der Waals surface area contributed by atoms with Gasteiger partial charge in [-0.05, 0) is 48.5 Å². The van der Waals surface area contributed by atoms with Crippen LogP contribution in [0.1, 0.15) is 15.9 Å². The molecule has 0 spiro atoms. The van der Waals surface area contributed by atoms with E-state index in [1.165, 1.54) is 15.9 Å². The van der Waals surface area contributed by atoms with Gasteiger partial charge in [0, 0.05) is 16.8 Å². The first-order chi connectivity index (χ1) is 15.0. The number of rotatable bonds is 4. The summed E-state index contributed by atoms with van der Waals surface area (Å²) < 4.78 is 2.27. The molecule has 6 nitrogen and oxygen atoms in total. The van der Waals surface area contributed by atoms with Gasteiger partial charge in [-0.15, -0.1) is 0 Å². The topological polar surface area (TPSA) is 88.2 Å². The zero-order chi connectivity index (χ0) is 21.5. The molecule has 5 aromatic rings. The van der Waals surface area contributed by atoms with Gasteiger partial charge in [0.25, 0.3) is 0 Å². The molecule has 0 fully saturated rings. The fourth-order valence-corrected chi connectivity index (χ4v) is 4.50. The highest BCUT2D eigenvalue weighted by molar-refractivity contribution is 7.20. The van der Waals surface area contributed by atoms with Crippen LogP contribution in [0.3, 0.4) is 0 Å². The molecule has 3 aromatic heterocycles. The molecule has 0 aliphatic rings. The maximum Gasteiger partial charge on any atom is 0.242 e. The van der Waals surface area contributed by atoms with Crippen molar-refractivity contribution >= 4 is 38.9 Å². The summed E-state index contributed by atoms with van der Waals surface area (Å²) in [5, 5.41) is 22.6. The van der Waals surface area contributed by atoms with Gasteiger partial charge in [0.05, 0.1) is 27.2 Å². The van der Waals surface area contributed by atoms with Crippen LogP contribution < -0.4 is 0 Å². The number of para-hydroxylation sites is 1. The van der Waals surface area contributed by atoms with Gasteiger partial charge >= 0.3 is 0 Å². The number of fused-ring (bicyclic) bond motifs is 1. The maximum absolute atomic E-state index is 13.4. The van der Waals surface area contributed by atoms with Crippen molar-refractivity contribution in [1.82, 2.24) is 14.5 Å². The number of aromatic hydroxyl groups is 2. The molecule has 0 bridgehead atoms. The standard InChI is InChI=1S/C23H14ClN3O3S/c24-14-10-8-13(9-11-14)20(28)18-19(16-6-3-4-12-25-16)27(22(30)21(18)29)23-26-15-5-1-2-7-17(15)31-23/h1-12,29-30H. The minimum Gasteiger partial charge on any atom is -0.503 e. The largest absolute Gasteiger partial charge is 0.503 e. The molecule has 0 radical (unpaired) electrons. The van der Waals surface area contributed by atoms with E-state index < -0.39 is 17.4 Å². The average molecular weight is 448 g/mol. The van der Waals surface area contributed by atoms with Crippen molar-refractivity contribution in [2.24, 2.45) is 0 Å². The van der Waals surface area contributed by atoms with Crippen LogP contribution >= 0.6 is 22.9 Å². The van der Waals surface area contributed by atoms with E-state index in [1.807, 2.05) is 24.3 Å². The number of ketones is 1. The second kappa shape index (κ2) is 7.54. The van der Waals surface area contributed by atoms with E-state index in [-0.39, 0.29) is 11.3 Å². The Morgan fingerprint density at radius 1 is 0.968 bits per heavy atom. The fourth-order valence-electron chi connectivity index (χ4n) is 3.40. The lowest BCUT2D eigenvalue weighted by Gasteiger charge is -2.08. The Bertz CT molecular complexity index is 1390. The highest BCUT2D eigenvalue weighted by atomic mass is 35.5. The fraction of sp³-hybridized carbons (Fsp3) is 0. The van der Waals surface area contributed by atoms with Gasteiger partial charge in [-0.2, -0.15) is 0 Å². The molecule has 0 saturated heterocycles. The number of halogens is 1. The number of aromatic nitrogens is 3. The first-order valence-electron chi connectivity index (χ1n) is 9.29. The molecule has 2 aromatic carbocycles. The number of thiazole rings is 1. The van der Waals surface area contributed by atoms with E-state index in [0.29, 0.717) is 21.4 Å². The molecule has 0 unspecified atom stereocenters. The molecule has 0 aliphatic carbocycles. The van der Waals surface area contributed by atoms with Crippen molar-refractivity contribution in [2.45, 2.75) is 0 Å². The molecule has 152 valence electrons. The normalized spacial score (nSPS) is 11.1. The third-order valence-corrected chi connectivity index (χ3v) is 6.11. The molecule has 0 atom stereocenters. The SMILES string of the molecule is O=C(c1ccc(Cl)cc1)c1c(O)c(O)n(-c2nc3ccccc3s2)c1-c1ccccn1. The Kier molecular flexibility index (Phi) is 4.69. The first kappa shape index (κ1) is 19.3. The van der Waals surface area contributed by atoms with E-state index in [2.05, 4.69) is 9.97 Å². The molecule has 0 aliphatic heterocycles. The van der Waals surface area contributed by atoms with Crippen LogP contribution in [0.5, 0.6) is 11.6 Å². The van der Waals surface area contributed by atoms with Crippen LogP contribution in [0.15, 0.2) is 72.9 Å². The third kappa shape index (κ3) is 3.24. The van der Waals surface area contributed by atoms with Gasteiger partial charge in [0.1, 0.15) is 0 Å². The van der Waals surface area contributed by atoms with Gasteiger partial charge in [-0.3, -0.25) is 14.3 Å². The summed E-state index contributed by atoms with van der Waals surface area (Å²) in [4.78, 5) is 22.3. The highest BCUT2D eigenvalue weighted by Gasteiger charge is 2.31. The lowest BCUT2D eigenvalue weighted by Crippen LogP contribution is -2.05. The summed E-state index contributed by atoms with van der Waals surface area (Å²) in [5.74, 6) is -1.47. The maximum atomic E-state index is 13.4. The second-order valence-corrected chi connectivity index (χ2v) is 8.19. The second-order valence-electron chi connectivity index (χ2n) is 6.75. The van der Waals surface area contributed by atoms with E-state index in [0.717, 1.165) is 10.2 Å². The summed E-state index contributed by atoms with van der Waals surface area (Å²) in [6.45, 7) is 0. The molecule has 0 saturated carbocycles. The number of carbonyl (C=O) groups is 1. The van der Waals surface area contributed by atoms with Gasteiger partial charge in [0.2, 0.25) is 5.88 Å². The number of pyridine rings is 1. The molecular weight excluding hydrogens is 434 g/mol. The number of hydrogen-bond donors (Lipinski definition) is 2. The minimum atomic E-state index is -0.528. The van der Waals surface area contributed by atoms with Crippen LogP contribution in [0.2, 0.25) is 5.02 Å². The van der Waals surface area contributed by atoms with Crippen molar-refractivity contribution in [3.05, 3.63) is 89.1 Å². The lowest BCUT2D eigenvalue weighted by molar-refractivity contribution is 0.103. The molecular formula is C23H14ClN3O3S. The predicted octanol–water partition coefficient (Wildman–Crippen LogP) is 5.44. The van der Waals surface area contributed by atoms with Gasteiger partial charge in [-0.1, -0.05) is 41.1 Å². The van der Waals surface area contributed by atoms with Crippen molar-refractivity contribution in [3.63, 3.8) is 0 Å². The molecule has 8 heteroatoms. The van der Waals surface area contributed by atoms with Crippen LogP contribution in [-0.4, -0.2) is 30.5 Å². The van der Waals surface area contributed by atoms with Crippen molar-refractivity contribution in [2.75, 3.05) is 0 Å². The number of benzene rings is 2. The smallest absolute Gasteiger partial charge is 0.242 e. The van der Waals surface area contributed by atoms with Gasteiger partial charge in [0.15, 0.2) is 16.7 Å². The Balaban J connectivity index is 1.80. The van der Waals surface area contributed by atoms with Crippen LogP contribution in [-0.2, 0) is 0 Å². The molecule has 0 amide bonds. The summed E-state index contributed by atoms with van der Waals surface area (Å²) in [5.41, 5.74) is 1.67. The Labute approximate surface area is 185 Å². The van der Waals surface area contributed by atoms with Crippen LogP contribution in [0.25, 0.3) is 26.7 Å².